The molecule has 0 fully saturated rings. The van der Waals surface area contributed by atoms with Crippen LogP contribution in [0.25, 0.3) is 0 Å². The Morgan fingerprint density at radius 2 is 2.06 bits per heavy atom. The molecule has 1 N–H and O–H groups in total. The van der Waals surface area contributed by atoms with Crippen LogP contribution in [0, 0.1) is 6.92 Å². The minimum Gasteiger partial charge on any atom is -0.351 e. The SMILES string of the molecule is Cc1nnc(S[C@H](C)C(=O)NC(C)(C)C)s1. The van der Waals surface area contributed by atoms with Crippen molar-refractivity contribution < 1.29 is 4.79 Å². The smallest absolute Gasteiger partial charge is 0.233 e. The summed E-state index contributed by atoms with van der Waals surface area (Å²) in [5.74, 6) is 0.0327. The number of aryl methyl sites for hydroxylation is 1. The van der Waals surface area contributed by atoms with Gasteiger partial charge in [0.2, 0.25) is 5.91 Å². The predicted octanol–water partition coefficient (Wildman–Crippen LogP) is 2.24. The van der Waals surface area contributed by atoms with E-state index in [1.165, 1.54) is 23.1 Å². The minimum absolute atomic E-state index is 0.0327. The second-order valence-corrected chi connectivity index (χ2v) is 7.36. The third-order valence-electron chi connectivity index (χ3n) is 1.65. The number of hydrogen-bond donors (Lipinski definition) is 1. The van der Waals surface area contributed by atoms with Crippen molar-refractivity contribution in [2.45, 2.75) is 49.7 Å². The van der Waals surface area contributed by atoms with Crippen molar-refractivity contribution in [2.24, 2.45) is 0 Å². The molecule has 0 unspecified atom stereocenters. The molecule has 0 spiro atoms. The predicted molar refractivity (Wildman–Crippen MR) is 67.9 cm³/mol. The maximum Gasteiger partial charge on any atom is 0.233 e. The molecular formula is C10H17N3OS2. The maximum atomic E-state index is 11.8. The molecule has 1 atom stereocenters. The number of carbonyl (C=O) groups excluding carboxylic acids is 1. The van der Waals surface area contributed by atoms with E-state index < -0.39 is 0 Å². The standard InChI is InChI=1S/C10H17N3OS2/c1-6(8(14)11-10(3,4)5)15-9-13-12-7(2)16-9/h6H,1-5H3,(H,11,14)/t6-/m1/s1. The zero-order chi connectivity index (χ0) is 12.3. The lowest BCUT2D eigenvalue weighted by molar-refractivity contribution is -0.121. The van der Waals surface area contributed by atoms with Crippen LogP contribution in [0.15, 0.2) is 4.34 Å². The summed E-state index contributed by atoms with van der Waals surface area (Å²) in [5, 5.41) is 11.6. The molecule has 0 saturated heterocycles. The first kappa shape index (κ1) is 13.4. The molecule has 1 amide bonds. The van der Waals surface area contributed by atoms with E-state index in [1.807, 2.05) is 34.6 Å². The molecule has 1 rings (SSSR count). The van der Waals surface area contributed by atoms with E-state index in [-0.39, 0.29) is 16.7 Å². The van der Waals surface area contributed by atoms with E-state index in [1.54, 1.807) is 0 Å². The minimum atomic E-state index is -0.192. The van der Waals surface area contributed by atoms with Crippen molar-refractivity contribution in [1.82, 2.24) is 15.5 Å². The van der Waals surface area contributed by atoms with Crippen LogP contribution < -0.4 is 5.32 Å². The number of rotatable bonds is 3. The summed E-state index contributed by atoms with van der Waals surface area (Å²) in [6.45, 7) is 9.69. The zero-order valence-electron chi connectivity index (χ0n) is 10.2. The van der Waals surface area contributed by atoms with Crippen molar-refractivity contribution in [1.29, 1.82) is 0 Å². The first-order valence-corrected chi connectivity index (χ1v) is 6.76. The average molecular weight is 259 g/mol. The van der Waals surface area contributed by atoms with Crippen LogP contribution in [-0.2, 0) is 4.79 Å². The molecule has 16 heavy (non-hydrogen) atoms. The molecule has 4 nitrogen and oxygen atoms in total. The Balaban J connectivity index is 2.52. The number of carbonyl (C=O) groups is 1. The molecule has 0 radical (unpaired) electrons. The van der Waals surface area contributed by atoms with Gasteiger partial charge in [-0.15, -0.1) is 10.2 Å². The highest BCUT2D eigenvalue weighted by Gasteiger charge is 2.21. The number of thioether (sulfide) groups is 1. The van der Waals surface area contributed by atoms with Gasteiger partial charge in [0.05, 0.1) is 5.25 Å². The lowest BCUT2D eigenvalue weighted by atomic mass is 10.1. The number of hydrogen-bond acceptors (Lipinski definition) is 5. The van der Waals surface area contributed by atoms with Gasteiger partial charge < -0.3 is 5.32 Å². The number of amides is 1. The van der Waals surface area contributed by atoms with Crippen LogP contribution >= 0.6 is 23.1 Å². The molecule has 1 aromatic heterocycles. The van der Waals surface area contributed by atoms with E-state index in [0.717, 1.165) is 9.35 Å². The third kappa shape index (κ3) is 4.49. The van der Waals surface area contributed by atoms with Crippen LogP contribution in [-0.4, -0.2) is 26.9 Å². The monoisotopic (exact) mass is 259 g/mol. The molecule has 1 aromatic rings. The van der Waals surface area contributed by atoms with Crippen molar-refractivity contribution in [3.63, 3.8) is 0 Å². The Morgan fingerprint density at radius 1 is 1.44 bits per heavy atom. The molecule has 0 aliphatic heterocycles. The highest BCUT2D eigenvalue weighted by atomic mass is 32.2. The lowest BCUT2D eigenvalue weighted by Crippen LogP contribution is -2.44. The van der Waals surface area contributed by atoms with Gasteiger partial charge in [-0.05, 0) is 34.6 Å². The van der Waals surface area contributed by atoms with Crippen LogP contribution in [0.2, 0.25) is 0 Å². The highest BCUT2D eigenvalue weighted by molar-refractivity contribution is 8.02. The Morgan fingerprint density at radius 3 is 2.50 bits per heavy atom. The largest absolute Gasteiger partial charge is 0.351 e. The van der Waals surface area contributed by atoms with Gasteiger partial charge in [-0.25, -0.2) is 0 Å². The van der Waals surface area contributed by atoms with E-state index in [9.17, 15) is 4.79 Å². The molecule has 0 aromatic carbocycles. The van der Waals surface area contributed by atoms with Crippen molar-refractivity contribution in [3.05, 3.63) is 5.01 Å². The van der Waals surface area contributed by atoms with Gasteiger partial charge in [-0.1, -0.05) is 23.1 Å². The van der Waals surface area contributed by atoms with Gasteiger partial charge in [0, 0.05) is 5.54 Å². The summed E-state index contributed by atoms with van der Waals surface area (Å²) in [7, 11) is 0. The number of nitrogens with zero attached hydrogens (tertiary/aromatic N) is 2. The zero-order valence-corrected chi connectivity index (χ0v) is 11.8. The summed E-state index contributed by atoms with van der Waals surface area (Å²) in [6, 6.07) is 0. The second kappa shape index (κ2) is 5.14. The molecule has 0 aliphatic rings. The average Bonchev–Trinajstić information content (AvgIpc) is 2.48. The van der Waals surface area contributed by atoms with Crippen molar-refractivity contribution >= 4 is 29.0 Å². The maximum absolute atomic E-state index is 11.8. The fraction of sp³-hybridized carbons (Fsp3) is 0.700. The Labute approximate surface area is 104 Å². The van der Waals surface area contributed by atoms with Crippen LogP contribution in [0.5, 0.6) is 0 Å². The van der Waals surface area contributed by atoms with Crippen molar-refractivity contribution in [3.8, 4) is 0 Å². The first-order chi connectivity index (χ1) is 7.28. The van der Waals surface area contributed by atoms with Gasteiger partial charge in [0.25, 0.3) is 0 Å². The molecule has 90 valence electrons. The Bertz CT molecular complexity index is 370. The summed E-state index contributed by atoms with van der Waals surface area (Å²) in [6.07, 6.45) is 0. The second-order valence-electron chi connectivity index (χ2n) is 4.59. The van der Waals surface area contributed by atoms with E-state index >= 15 is 0 Å². The van der Waals surface area contributed by atoms with Gasteiger partial charge in [0.15, 0.2) is 4.34 Å². The highest BCUT2D eigenvalue weighted by Crippen LogP contribution is 2.26. The Hall–Kier alpha value is -0.620. The fourth-order valence-corrected chi connectivity index (χ4v) is 2.96. The van der Waals surface area contributed by atoms with Gasteiger partial charge >= 0.3 is 0 Å². The van der Waals surface area contributed by atoms with Crippen molar-refractivity contribution in [2.75, 3.05) is 0 Å². The van der Waals surface area contributed by atoms with Gasteiger partial charge in [0.1, 0.15) is 5.01 Å². The summed E-state index contributed by atoms with van der Waals surface area (Å²) in [5.41, 5.74) is -0.192. The van der Waals surface area contributed by atoms with E-state index in [4.69, 9.17) is 0 Å². The van der Waals surface area contributed by atoms with Crippen LogP contribution in [0.1, 0.15) is 32.7 Å². The quantitative estimate of drug-likeness (QED) is 0.846. The molecule has 6 heteroatoms. The van der Waals surface area contributed by atoms with Gasteiger partial charge in [-0.2, -0.15) is 0 Å². The fourth-order valence-electron chi connectivity index (χ4n) is 1.00. The third-order valence-corrected chi connectivity index (χ3v) is 3.68. The summed E-state index contributed by atoms with van der Waals surface area (Å²) < 4.78 is 0.842. The summed E-state index contributed by atoms with van der Waals surface area (Å²) >= 11 is 2.96. The Kier molecular flexibility index (Phi) is 4.32. The lowest BCUT2D eigenvalue weighted by Gasteiger charge is -2.22. The molecular weight excluding hydrogens is 242 g/mol. The summed E-state index contributed by atoms with van der Waals surface area (Å²) in [4.78, 5) is 11.8. The van der Waals surface area contributed by atoms with E-state index in [0.29, 0.717) is 0 Å². The van der Waals surface area contributed by atoms with Crippen LogP contribution in [0.4, 0.5) is 0 Å². The topological polar surface area (TPSA) is 54.9 Å². The number of aromatic nitrogens is 2. The van der Waals surface area contributed by atoms with Crippen LogP contribution in [0.3, 0.4) is 0 Å². The molecule has 0 saturated carbocycles. The number of nitrogens with one attached hydrogen (secondary N) is 1. The van der Waals surface area contributed by atoms with Gasteiger partial charge in [-0.3, -0.25) is 4.79 Å². The molecule has 1 heterocycles. The first-order valence-electron chi connectivity index (χ1n) is 5.07. The molecule has 0 aliphatic carbocycles. The normalized spacial score (nSPS) is 13.6. The van der Waals surface area contributed by atoms with E-state index in [2.05, 4.69) is 15.5 Å². The molecule has 0 bridgehead atoms.